The number of imide groups is 1. The summed E-state index contributed by atoms with van der Waals surface area (Å²) in [6.07, 6.45) is 2.16. The van der Waals surface area contributed by atoms with E-state index in [1.54, 1.807) is 12.1 Å². The largest absolute Gasteiger partial charge is 0.320 e. The standard InChI is InChI=1S/C12H12N4O2/c13-6-9-5-8(3-4-15-9)7-16-11(17)2-1-10(14)12(16)18/h3-5,10H,1-2,7,14H2. The first kappa shape index (κ1) is 12.2. The van der Waals surface area contributed by atoms with Crippen LogP contribution in [-0.4, -0.2) is 27.7 Å². The number of amides is 2. The van der Waals surface area contributed by atoms with Crippen LogP contribution in [0.1, 0.15) is 24.1 Å². The monoisotopic (exact) mass is 244 g/mol. The molecule has 1 unspecified atom stereocenters. The summed E-state index contributed by atoms with van der Waals surface area (Å²) in [5.41, 5.74) is 6.58. The number of likely N-dealkylation sites (tertiary alicyclic amines) is 1. The highest BCUT2D eigenvalue weighted by molar-refractivity contribution is 6.00. The van der Waals surface area contributed by atoms with Crippen LogP contribution in [0, 0.1) is 11.3 Å². The van der Waals surface area contributed by atoms with Gasteiger partial charge in [-0.05, 0) is 24.1 Å². The average Bonchev–Trinajstić information content (AvgIpc) is 2.39. The molecule has 2 rings (SSSR count). The molecule has 1 aromatic rings. The second kappa shape index (κ2) is 4.94. The number of carbonyl (C=O) groups excluding carboxylic acids is 2. The van der Waals surface area contributed by atoms with E-state index in [0.29, 0.717) is 12.0 Å². The highest BCUT2D eigenvalue weighted by atomic mass is 16.2. The van der Waals surface area contributed by atoms with Crippen LogP contribution < -0.4 is 5.73 Å². The summed E-state index contributed by atoms with van der Waals surface area (Å²) in [6, 6.07) is 4.52. The quantitative estimate of drug-likeness (QED) is 0.734. The van der Waals surface area contributed by atoms with E-state index in [1.165, 1.54) is 6.20 Å². The Balaban J connectivity index is 2.19. The van der Waals surface area contributed by atoms with Crippen molar-refractivity contribution < 1.29 is 9.59 Å². The Morgan fingerprint density at radius 2 is 2.33 bits per heavy atom. The zero-order valence-electron chi connectivity index (χ0n) is 9.67. The predicted octanol–water partition coefficient (Wildman–Crippen LogP) is -0.0704. The Kier molecular flexibility index (Phi) is 3.35. The van der Waals surface area contributed by atoms with Gasteiger partial charge in [-0.1, -0.05) is 0 Å². The summed E-state index contributed by atoms with van der Waals surface area (Å²) >= 11 is 0. The molecule has 1 atom stereocenters. The van der Waals surface area contributed by atoms with Crippen LogP contribution in [0.3, 0.4) is 0 Å². The lowest BCUT2D eigenvalue weighted by atomic mass is 10.0. The molecule has 0 saturated carbocycles. The first-order valence-corrected chi connectivity index (χ1v) is 5.56. The van der Waals surface area contributed by atoms with Crippen molar-refractivity contribution in [2.24, 2.45) is 5.73 Å². The van der Waals surface area contributed by atoms with Crippen molar-refractivity contribution in [2.45, 2.75) is 25.4 Å². The number of hydrogen-bond donors (Lipinski definition) is 1. The zero-order chi connectivity index (χ0) is 13.1. The molecule has 0 bridgehead atoms. The molecule has 0 aromatic carbocycles. The number of nitrogens with two attached hydrogens (primary N) is 1. The van der Waals surface area contributed by atoms with Gasteiger partial charge in [0.05, 0.1) is 12.6 Å². The van der Waals surface area contributed by atoms with Crippen molar-refractivity contribution in [1.82, 2.24) is 9.88 Å². The molecule has 6 heteroatoms. The number of carbonyl (C=O) groups is 2. The summed E-state index contributed by atoms with van der Waals surface area (Å²) in [6.45, 7) is 0.141. The second-order valence-corrected chi connectivity index (χ2v) is 4.12. The fraction of sp³-hybridized carbons (Fsp3) is 0.333. The molecule has 2 heterocycles. The van der Waals surface area contributed by atoms with Gasteiger partial charge in [0.25, 0.3) is 0 Å². The Labute approximate surface area is 104 Å². The normalized spacial score (nSPS) is 19.8. The number of rotatable bonds is 2. The summed E-state index contributed by atoms with van der Waals surface area (Å²) < 4.78 is 0. The minimum atomic E-state index is -0.611. The molecule has 1 fully saturated rings. The number of nitriles is 1. The minimum Gasteiger partial charge on any atom is -0.320 e. The minimum absolute atomic E-state index is 0.141. The lowest BCUT2D eigenvalue weighted by molar-refractivity contribution is -0.149. The van der Waals surface area contributed by atoms with Crippen LogP contribution in [0.5, 0.6) is 0 Å². The van der Waals surface area contributed by atoms with Gasteiger partial charge in [0, 0.05) is 12.6 Å². The van der Waals surface area contributed by atoms with Crippen LogP contribution >= 0.6 is 0 Å². The molecule has 6 nitrogen and oxygen atoms in total. The third kappa shape index (κ3) is 2.36. The summed E-state index contributed by atoms with van der Waals surface area (Å²) in [4.78, 5) is 28.4. The number of pyridine rings is 1. The molecule has 0 radical (unpaired) electrons. The number of piperidine rings is 1. The molecule has 2 N–H and O–H groups in total. The van der Waals surface area contributed by atoms with E-state index in [1.807, 2.05) is 6.07 Å². The molecule has 1 saturated heterocycles. The SMILES string of the molecule is N#Cc1cc(CN2C(=O)CCC(N)C2=O)ccn1. The Bertz CT molecular complexity index is 535. The van der Waals surface area contributed by atoms with Crippen LogP contribution in [0.25, 0.3) is 0 Å². The van der Waals surface area contributed by atoms with E-state index in [9.17, 15) is 9.59 Å². The summed E-state index contributed by atoms with van der Waals surface area (Å²) in [5.74, 6) is -0.585. The molecule has 18 heavy (non-hydrogen) atoms. The molecular formula is C12H12N4O2. The maximum absolute atomic E-state index is 11.8. The van der Waals surface area contributed by atoms with Gasteiger partial charge in [0.2, 0.25) is 11.8 Å². The Morgan fingerprint density at radius 3 is 3.06 bits per heavy atom. The van der Waals surface area contributed by atoms with E-state index in [2.05, 4.69) is 4.98 Å². The molecule has 0 aliphatic carbocycles. The molecule has 1 aromatic heterocycles. The van der Waals surface area contributed by atoms with Crippen LogP contribution in [-0.2, 0) is 16.1 Å². The first-order valence-electron chi connectivity index (χ1n) is 5.56. The second-order valence-electron chi connectivity index (χ2n) is 4.12. The molecular weight excluding hydrogens is 232 g/mol. The zero-order valence-corrected chi connectivity index (χ0v) is 9.67. The van der Waals surface area contributed by atoms with Gasteiger partial charge in [0.1, 0.15) is 11.8 Å². The highest BCUT2D eigenvalue weighted by Crippen LogP contribution is 2.15. The lowest BCUT2D eigenvalue weighted by Crippen LogP contribution is -2.50. The van der Waals surface area contributed by atoms with Crippen LogP contribution in [0.15, 0.2) is 18.3 Å². The van der Waals surface area contributed by atoms with E-state index >= 15 is 0 Å². The van der Waals surface area contributed by atoms with Crippen LogP contribution in [0.2, 0.25) is 0 Å². The third-order valence-electron chi connectivity index (χ3n) is 2.83. The Morgan fingerprint density at radius 1 is 1.56 bits per heavy atom. The van der Waals surface area contributed by atoms with Gasteiger partial charge >= 0.3 is 0 Å². The van der Waals surface area contributed by atoms with Crippen molar-refractivity contribution in [3.05, 3.63) is 29.6 Å². The predicted molar refractivity (Wildman–Crippen MR) is 61.7 cm³/mol. The maximum atomic E-state index is 11.8. The van der Waals surface area contributed by atoms with E-state index in [-0.39, 0.29) is 30.5 Å². The van der Waals surface area contributed by atoms with Gasteiger partial charge in [-0.25, -0.2) is 4.98 Å². The van der Waals surface area contributed by atoms with E-state index in [4.69, 9.17) is 11.0 Å². The van der Waals surface area contributed by atoms with Crippen LogP contribution in [0.4, 0.5) is 0 Å². The number of aromatic nitrogens is 1. The van der Waals surface area contributed by atoms with Gasteiger partial charge in [0.15, 0.2) is 0 Å². The lowest BCUT2D eigenvalue weighted by Gasteiger charge is -2.28. The molecule has 2 amide bonds. The van der Waals surface area contributed by atoms with Crippen molar-refractivity contribution >= 4 is 11.8 Å². The van der Waals surface area contributed by atoms with Crippen molar-refractivity contribution in [3.63, 3.8) is 0 Å². The average molecular weight is 244 g/mol. The van der Waals surface area contributed by atoms with Crippen molar-refractivity contribution in [2.75, 3.05) is 0 Å². The van der Waals surface area contributed by atoms with Crippen molar-refractivity contribution in [1.29, 1.82) is 5.26 Å². The Hall–Kier alpha value is -2.26. The molecule has 1 aliphatic rings. The highest BCUT2D eigenvalue weighted by Gasteiger charge is 2.31. The molecule has 0 spiro atoms. The van der Waals surface area contributed by atoms with E-state index in [0.717, 1.165) is 4.90 Å². The number of hydrogen-bond acceptors (Lipinski definition) is 5. The summed E-state index contributed by atoms with van der Waals surface area (Å²) in [5, 5.41) is 8.73. The van der Waals surface area contributed by atoms with E-state index < -0.39 is 6.04 Å². The topological polar surface area (TPSA) is 100 Å². The van der Waals surface area contributed by atoms with Gasteiger partial charge in [-0.15, -0.1) is 0 Å². The van der Waals surface area contributed by atoms with Crippen molar-refractivity contribution in [3.8, 4) is 6.07 Å². The number of nitrogens with zero attached hydrogens (tertiary/aromatic N) is 3. The fourth-order valence-electron chi connectivity index (χ4n) is 1.84. The third-order valence-corrected chi connectivity index (χ3v) is 2.83. The van der Waals surface area contributed by atoms with Gasteiger partial charge < -0.3 is 5.73 Å². The molecule has 1 aliphatic heterocycles. The fourth-order valence-corrected chi connectivity index (χ4v) is 1.84. The smallest absolute Gasteiger partial charge is 0.246 e. The maximum Gasteiger partial charge on any atom is 0.246 e. The first-order chi connectivity index (χ1) is 8.61. The summed E-state index contributed by atoms with van der Waals surface area (Å²) in [7, 11) is 0. The van der Waals surface area contributed by atoms with Gasteiger partial charge in [-0.2, -0.15) is 5.26 Å². The molecule has 92 valence electrons. The van der Waals surface area contributed by atoms with Gasteiger partial charge in [-0.3, -0.25) is 14.5 Å².